The van der Waals surface area contributed by atoms with Gasteiger partial charge >= 0.3 is 16.5 Å². The van der Waals surface area contributed by atoms with Gasteiger partial charge in [0.1, 0.15) is 0 Å². The molecule has 1 rings (SSSR count). The van der Waals surface area contributed by atoms with Gasteiger partial charge < -0.3 is 9.29 Å². The molecule has 17 heavy (non-hydrogen) atoms. The largest absolute Gasteiger partial charge is 0.488 e. The van der Waals surface area contributed by atoms with Gasteiger partial charge in [0.15, 0.2) is 11.6 Å². The molecule has 0 bridgehead atoms. The maximum absolute atomic E-state index is 13.2. The van der Waals surface area contributed by atoms with E-state index >= 15 is 0 Å². The van der Waals surface area contributed by atoms with E-state index in [1.807, 2.05) is 0 Å². The Morgan fingerprint density at radius 3 is 2.53 bits per heavy atom. The number of carbonyl (C=O) groups is 1. The van der Waals surface area contributed by atoms with E-state index in [0.717, 1.165) is 12.1 Å². The van der Waals surface area contributed by atoms with E-state index in [4.69, 9.17) is 5.11 Å². The molecule has 0 saturated heterocycles. The van der Waals surface area contributed by atoms with Gasteiger partial charge in [-0.15, -0.1) is 0 Å². The van der Waals surface area contributed by atoms with Crippen LogP contribution in [0.15, 0.2) is 18.2 Å². The highest BCUT2D eigenvalue weighted by Gasteiger charge is 2.14. The van der Waals surface area contributed by atoms with Crippen molar-refractivity contribution in [3.8, 4) is 5.75 Å². The van der Waals surface area contributed by atoms with Crippen molar-refractivity contribution in [3.63, 3.8) is 0 Å². The minimum Gasteiger partial charge on any atom is -0.481 e. The van der Waals surface area contributed by atoms with Crippen LogP contribution in [0.1, 0.15) is 12.0 Å². The summed E-state index contributed by atoms with van der Waals surface area (Å²) >= 11 is 0. The molecule has 0 aliphatic carbocycles. The van der Waals surface area contributed by atoms with E-state index in [2.05, 4.69) is 4.18 Å². The van der Waals surface area contributed by atoms with E-state index in [1.54, 1.807) is 0 Å². The Kier molecular flexibility index (Phi) is 4.00. The fraction of sp³-hybridized carbons (Fsp3) is 0.222. The maximum Gasteiger partial charge on any atom is 0.488 e. The SMILES string of the molecule is O=C(O)CCc1ccc(OS(=O)(=O)F)c(F)c1. The first-order valence-electron chi connectivity index (χ1n) is 4.42. The van der Waals surface area contributed by atoms with Crippen molar-refractivity contribution in [1.29, 1.82) is 0 Å². The lowest BCUT2D eigenvalue weighted by atomic mass is 10.1. The third kappa shape index (κ3) is 4.77. The second-order valence-corrected chi connectivity index (χ2v) is 4.09. The van der Waals surface area contributed by atoms with Crippen LogP contribution in [0.25, 0.3) is 0 Å². The van der Waals surface area contributed by atoms with Crippen molar-refractivity contribution < 1.29 is 30.8 Å². The van der Waals surface area contributed by atoms with E-state index < -0.39 is 28.0 Å². The number of hydrogen-bond acceptors (Lipinski definition) is 4. The monoisotopic (exact) mass is 266 g/mol. The number of rotatable bonds is 5. The molecule has 1 aromatic rings. The van der Waals surface area contributed by atoms with Gasteiger partial charge in [-0.2, -0.15) is 8.42 Å². The molecule has 0 saturated carbocycles. The van der Waals surface area contributed by atoms with Crippen LogP contribution in [-0.4, -0.2) is 19.5 Å². The van der Waals surface area contributed by atoms with Gasteiger partial charge in [-0.05, 0) is 24.1 Å². The van der Waals surface area contributed by atoms with E-state index in [1.165, 1.54) is 6.07 Å². The molecule has 0 fully saturated rings. The fourth-order valence-electron chi connectivity index (χ4n) is 1.13. The van der Waals surface area contributed by atoms with Gasteiger partial charge in [0.05, 0.1) is 0 Å². The first-order chi connectivity index (χ1) is 7.78. The first-order valence-corrected chi connectivity index (χ1v) is 5.73. The molecular weight excluding hydrogens is 258 g/mol. The minimum atomic E-state index is -5.27. The van der Waals surface area contributed by atoms with E-state index in [0.29, 0.717) is 5.56 Å². The van der Waals surface area contributed by atoms with E-state index in [9.17, 15) is 21.5 Å². The van der Waals surface area contributed by atoms with Crippen LogP contribution in [0.4, 0.5) is 8.28 Å². The smallest absolute Gasteiger partial charge is 0.481 e. The average Bonchev–Trinajstić information content (AvgIpc) is 2.17. The second kappa shape index (κ2) is 5.09. The Hall–Kier alpha value is -1.70. The van der Waals surface area contributed by atoms with Crippen molar-refractivity contribution in [2.45, 2.75) is 12.8 Å². The number of aryl methyl sites for hydroxylation is 1. The zero-order valence-corrected chi connectivity index (χ0v) is 9.21. The Bertz CT molecular complexity index is 526. The van der Waals surface area contributed by atoms with Gasteiger partial charge in [0.25, 0.3) is 0 Å². The lowest BCUT2D eigenvalue weighted by Gasteiger charge is -2.04. The zero-order valence-electron chi connectivity index (χ0n) is 8.39. The van der Waals surface area contributed by atoms with Crippen LogP contribution in [0.2, 0.25) is 0 Å². The van der Waals surface area contributed by atoms with Crippen molar-refractivity contribution in [3.05, 3.63) is 29.6 Å². The van der Waals surface area contributed by atoms with Gasteiger partial charge in [0.2, 0.25) is 0 Å². The number of halogens is 2. The number of carboxylic acid groups (broad SMARTS) is 1. The molecule has 0 heterocycles. The Labute approximate surface area is 96.1 Å². The lowest BCUT2D eigenvalue weighted by Crippen LogP contribution is -2.03. The van der Waals surface area contributed by atoms with Gasteiger partial charge in [-0.25, -0.2) is 4.39 Å². The summed E-state index contributed by atoms with van der Waals surface area (Å²) in [6.45, 7) is 0. The van der Waals surface area contributed by atoms with Crippen LogP contribution in [0.3, 0.4) is 0 Å². The summed E-state index contributed by atoms with van der Waals surface area (Å²) in [4.78, 5) is 10.3. The zero-order chi connectivity index (χ0) is 13.1. The van der Waals surface area contributed by atoms with Crippen LogP contribution in [0.5, 0.6) is 5.75 Å². The van der Waals surface area contributed by atoms with Gasteiger partial charge in [0, 0.05) is 6.42 Å². The van der Waals surface area contributed by atoms with Crippen LogP contribution in [0, 0.1) is 5.82 Å². The highest BCUT2D eigenvalue weighted by Crippen LogP contribution is 2.21. The molecule has 0 aliphatic rings. The van der Waals surface area contributed by atoms with Crippen molar-refractivity contribution in [2.75, 3.05) is 0 Å². The molecule has 0 radical (unpaired) electrons. The summed E-state index contributed by atoms with van der Waals surface area (Å²) in [6, 6.07) is 3.07. The molecule has 0 unspecified atom stereocenters. The molecule has 8 heteroatoms. The summed E-state index contributed by atoms with van der Waals surface area (Å²) < 4.78 is 49.3. The first kappa shape index (κ1) is 13.4. The van der Waals surface area contributed by atoms with Crippen LogP contribution >= 0.6 is 0 Å². The number of benzene rings is 1. The van der Waals surface area contributed by atoms with Crippen molar-refractivity contribution in [2.24, 2.45) is 0 Å². The molecule has 1 N–H and O–H groups in total. The average molecular weight is 266 g/mol. The predicted molar refractivity (Wildman–Crippen MR) is 53.0 cm³/mol. The molecule has 0 atom stereocenters. The molecule has 0 amide bonds. The molecular formula is C9H8F2O5S. The summed E-state index contributed by atoms with van der Waals surface area (Å²) in [7, 11) is -5.27. The quantitative estimate of drug-likeness (QED) is 0.815. The highest BCUT2D eigenvalue weighted by molar-refractivity contribution is 7.81. The molecule has 94 valence electrons. The lowest BCUT2D eigenvalue weighted by molar-refractivity contribution is -0.136. The van der Waals surface area contributed by atoms with E-state index in [-0.39, 0.29) is 12.8 Å². The Balaban J connectivity index is 2.83. The predicted octanol–water partition coefficient (Wildman–Crippen LogP) is 1.44. The molecule has 0 aliphatic heterocycles. The molecule has 5 nitrogen and oxygen atoms in total. The minimum absolute atomic E-state index is 0.0783. The summed E-state index contributed by atoms with van der Waals surface area (Å²) in [6.07, 6.45) is -0.115. The highest BCUT2D eigenvalue weighted by atomic mass is 32.3. The van der Waals surface area contributed by atoms with Crippen molar-refractivity contribution >= 4 is 16.5 Å². The molecule has 0 aromatic heterocycles. The van der Waals surface area contributed by atoms with Crippen LogP contribution < -0.4 is 4.18 Å². The standard InChI is InChI=1S/C9H8F2O5S/c10-7-5-6(2-4-9(12)13)1-3-8(7)16-17(11,14)15/h1,3,5H,2,4H2,(H,12,13). The molecule has 0 spiro atoms. The normalized spacial score (nSPS) is 11.2. The summed E-state index contributed by atoms with van der Waals surface area (Å²) in [5.74, 6) is -2.89. The fourth-order valence-corrected chi connectivity index (χ4v) is 1.48. The van der Waals surface area contributed by atoms with Crippen molar-refractivity contribution in [1.82, 2.24) is 0 Å². The number of carboxylic acids is 1. The third-order valence-electron chi connectivity index (χ3n) is 1.81. The van der Waals surface area contributed by atoms with Gasteiger partial charge in [-0.3, -0.25) is 4.79 Å². The Morgan fingerprint density at radius 1 is 1.41 bits per heavy atom. The topological polar surface area (TPSA) is 80.7 Å². The summed E-state index contributed by atoms with van der Waals surface area (Å²) in [5.41, 5.74) is 0.341. The number of hydrogen-bond donors (Lipinski definition) is 1. The maximum atomic E-state index is 13.2. The number of aliphatic carboxylic acids is 1. The summed E-state index contributed by atoms with van der Waals surface area (Å²) in [5, 5.41) is 8.40. The van der Waals surface area contributed by atoms with Gasteiger partial charge in [-0.1, -0.05) is 9.95 Å². The third-order valence-corrected chi connectivity index (χ3v) is 2.19. The Morgan fingerprint density at radius 2 is 2.06 bits per heavy atom. The second-order valence-electron chi connectivity index (χ2n) is 3.13. The molecule has 1 aromatic carbocycles. The van der Waals surface area contributed by atoms with Crippen LogP contribution in [-0.2, 0) is 21.7 Å².